The van der Waals surface area contributed by atoms with Crippen molar-refractivity contribution < 1.29 is 14.3 Å². The van der Waals surface area contributed by atoms with Gasteiger partial charge in [-0.3, -0.25) is 14.5 Å². The molecule has 2 heterocycles. The van der Waals surface area contributed by atoms with E-state index in [-0.39, 0.29) is 11.3 Å². The van der Waals surface area contributed by atoms with Gasteiger partial charge in [-0.2, -0.15) is 5.10 Å². The normalized spacial score (nSPS) is 42.5. The second-order valence-electron chi connectivity index (χ2n) is 11.9. The molecule has 4 aliphatic carbocycles. The minimum Gasteiger partial charge on any atom is -0.387 e. The summed E-state index contributed by atoms with van der Waals surface area (Å²) in [6, 6.07) is 1.94. The van der Waals surface area contributed by atoms with Gasteiger partial charge in [-0.1, -0.05) is 6.92 Å². The van der Waals surface area contributed by atoms with Crippen LogP contribution in [0, 0.1) is 40.9 Å². The molecule has 2 aromatic rings. The van der Waals surface area contributed by atoms with Crippen LogP contribution in [0.4, 0.5) is 4.39 Å². The molecule has 0 spiro atoms. The molecule has 0 bridgehead atoms. The monoisotopic (exact) mass is 453 g/mol. The van der Waals surface area contributed by atoms with Gasteiger partial charge in [0, 0.05) is 17.5 Å². The van der Waals surface area contributed by atoms with Gasteiger partial charge < -0.3 is 5.11 Å². The number of nitrogens with zero attached hydrogens (tertiary/aromatic N) is 3. The lowest BCUT2D eigenvalue weighted by Crippen LogP contribution is -2.52. The van der Waals surface area contributed by atoms with Crippen LogP contribution in [0.3, 0.4) is 0 Å². The van der Waals surface area contributed by atoms with E-state index in [0.29, 0.717) is 54.8 Å². The lowest BCUT2D eigenvalue weighted by atomic mass is 9.49. The molecule has 4 fully saturated rings. The van der Waals surface area contributed by atoms with Crippen molar-refractivity contribution in [1.29, 1.82) is 0 Å². The molecule has 4 aliphatic rings. The van der Waals surface area contributed by atoms with Gasteiger partial charge in [-0.25, -0.2) is 4.39 Å². The number of hydrogen-bond acceptors (Lipinski definition) is 4. The van der Waals surface area contributed by atoms with E-state index in [1.807, 2.05) is 16.9 Å². The molecule has 0 aliphatic heterocycles. The first kappa shape index (κ1) is 21.7. The SMILES string of the molecule is C[C@]12CC[C@H]3[C@@H](CC[C@@H]4C[C@@](O)(CF)CC[C@@H]43)[C@@H]1CC[C@@H]2C(=O)Cn1ncc2ccncc21. The van der Waals surface area contributed by atoms with E-state index in [1.165, 1.54) is 12.8 Å². The third kappa shape index (κ3) is 3.38. The summed E-state index contributed by atoms with van der Waals surface area (Å²) in [5, 5.41) is 16.0. The molecule has 33 heavy (non-hydrogen) atoms. The Morgan fingerprint density at radius 1 is 1.12 bits per heavy atom. The summed E-state index contributed by atoms with van der Waals surface area (Å²) in [5.74, 6) is 3.55. The minimum absolute atomic E-state index is 0.0840. The highest BCUT2D eigenvalue weighted by Gasteiger charge is 2.59. The number of fused-ring (bicyclic) bond motifs is 6. The maximum absolute atomic E-state index is 13.6. The third-order valence-corrected chi connectivity index (χ3v) is 10.5. The molecule has 0 saturated heterocycles. The Morgan fingerprint density at radius 3 is 2.82 bits per heavy atom. The van der Waals surface area contributed by atoms with Crippen LogP contribution < -0.4 is 0 Å². The number of Topliss-reactive ketones (excluding diaryl/α,β-unsaturated/α-hetero) is 1. The molecule has 178 valence electrons. The van der Waals surface area contributed by atoms with Gasteiger partial charge >= 0.3 is 0 Å². The lowest BCUT2D eigenvalue weighted by molar-refractivity contribution is -0.134. The molecule has 0 radical (unpaired) electrons. The van der Waals surface area contributed by atoms with Crippen molar-refractivity contribution in [3.8, 4) is 0 Å². The Bertz CT molecular complexity index is 1050. The predicted molar refractivity (Wildman–Crippen MR) is 124 cm³/mol. The average molecular weight is 454 g/mol. The Kier molecular flexibility index (Phi) is 5.17. The van der Waals surface area contributed by atoms with E-state index >= 15 is 0 Å². The number of alkyl halides is 1. The summed E-state index contributed by atoms with van der Waals surface area (Å²) < 4.78 is 15.3. The van der Waals surface area contributed by atoms with Crippen molar-refractivity contribution in [2.45, 2.75) is 76.9 Å². The van der Waals surface area contributed by atoms with Crippen molar-refractivity contribution in [2.75, 3.05) is 6.67 Å². The first-order valence-corrected chi connectivity index (χ1v) is 13.0. The molecule has 6 rings (SSSR count). The Morgan fingerprint density at radius 2 is 1.97 bits per heavy atom. The van der Waals surface area contributed by atoms with Crippen molar-refractivity contribution in [2.24, 2.45) is 40.9 Å². The number of carbonyl (C=O) groups excluding carboxylic acids is 1. The van der Waals surface area contributed by atoms with Crippen LogP contribution in [0.2, 0.25) is 0 Å². The number of halogens is 1. The molecule has 1 N–H and O–H groups in total. The Labute approximate surface area is 195 Å². The van der Waals surface area contributed by atoms with Gasteiger partial charge in [0.15, 0.2) is 5.78 Å². The van der Waals surface area contributed by atoms with Gasteiger partial charge in [0.05, 0.1) is 23.5 Å². The number of ketones is 1. The quantitative estimate of drug-likeness (QED) is 0.710. The molecule has 2 aromatic heterocycles. The fourth-order valence-electron chi connectivity index (χ4n) is 8.91. The number of aliphatic hydroxyl groups is 1. The maximum atomic E-state index is 13.6. The van der Waals surface area contributed by atoms with Crippen LogP contribution in [0.15, 0.2) is 24.7 Å². The standard InChI is InChI=1S/C27H36FN3O2/c1-26-9-6-20-19-7-10-27(33,16-28)12-17(19)2-3-21(20)22(26)4-5-23(26)25(32)15-31-24-14-29-11-8-18(24)13-30-31/h8,11,13-14,17,19-23,33H,2-7,9-10,12,15-16H2,1H3/t17-,19+,20-,21-,22+,23-,26+,27-/m1/s1. The number of pyridine rings is 1. The zero-order chi connectivity index (χ0) is 22.8. The van der Waals surface area contributed by atoms with Gasteiger partial charge in [-0.05, 0) is 98.9 Å². The van der Waals surface area contributed by atoms with E-state index in [4.69, 9.17) is 0 Å². The van der Waals surface area contributed by atoms with Crippen LogP contribution >= 0.6 is 0 Å². The minimum atomic E-state index is -1.08. The van der Waals surface area contributed by atoms with E-state index in [9.17, 15) is 14.3 Å². The number of carbonyl (C=O) groups is 1. The van der Waals surface area contributed by atoms with Gasteiger partial charge in [0.1, 0.15) is 13.2 Å². The fraction of sp³-hybridized carbons (Fsp3) is 0.741. The molecule has 0 unspecified atom stereocenters. The summed E-state index contributed by atoms with van der Waals surface area (Å²) in [5.41, 5.74) is -0.0624. The second-order valence-corrected chi connectivity index (χ2v) is 11.9. The molecule has 6 heteroatoms. The van der Waals surface area contributed by atoms with Crippen LogP contribution in [0.25, 0.3) is 10.9 Å². The van der Waals surface area contributed by atoms with Crippen molar-refractivity contribution in [3.05, 3.63) is 24.7 Å². The molecular formula is C27H36FN3O2. The summed E-state index contributed by atoms with van der Waals surface area (Å²) in [6.07, 6.45) is 14.4. The van der Waals surface area contributed by atoms with E-state index in [2.05, 4.69) is 17.0 Å². The van der Waals surface area contributed by atoms with Crippen LogP contribution in [-0.4, -0.2) is 37.9 Å². The van der Waals surface area contributed by atoms with Crippen LogP contribution in [0.1, 0.15) is 64.7 Å². The summed E-state index contributed by atoms with van der Waals surface area (Å²) in [6.45, 7) is 2.13. The van der Waals surface area contributed by atoms with E-state index in [1.54, 1.807) is 12.4 Å². The smallest absolute Gasteiger partial charge is 0.157 e. The zero-order valence-electron chi connectivity index (χ0n) is 19.6. The highest BCUT2D eigenvalue weighted by Crippen LogP contribution is 2.64. The number of hydrogen-bond donors (Lipinski definition) is 1. The topological polar surface area (TPSA) is 68.0 Å². The van der Waals surface area contributed by atoms with Crippen molar-refractivity contribution >= 4 is 16.7 Å². The zero-order valence-corrected chi connectivity index (χ0v) is 19.6. The van der Waals surface area contributed by atoms with Gasteiger partial charge in [-0.15, -0.1) is 0 Å². The third-order valence-electron chi connectivity index (χ3n) is 10.5. The first-order valence-electron chi connectivity index (χ1n) is 13.0. The first-order chi connectivity index (χ1) is 15.9. The summed E-state index contributed by atoms with van der Waals surface area (Å²) >= 11 is 0. The molecule has 5 nitrogen and oxygen atoms in total. The van der Waals surface area contributed by atoms with Crippen molar-refractivity contribution in [3.63, 3.8) is 0 Å². The second kappa shape index (κ2) is 7.86. The van der Waals surface area contributed by atoms with E-state index < -0.39 is 12.3 Å². The summed E-state index contributed by atoms with van der Waals surface area (Å²) in [7, 11) is 0. The molecular weight excluding hydrogens is 417 g/mol. The largest absolute Gasteiger partial charge is 0.387 e. The van der Waals surface area contributed by atoms with E-state index in [0.717, 1.165) is 43.0 Å². The lowest BCUT2D eigenvalue weighted by Gasteiger charge is -2.56. The highest BCUT2D eigenvalue weighted by molar-refractivity contribution is 5.84. The Balaban J connectivity index is 1.19. The predicted octanol–water partition coefficient (Wildman–Crippen LogP) is 4.97. The molecule has 4 saturated carbocycles. The Hall–Kier alpha value is -1.82. The van der Waals surface area contributed by atoms with Gasteiger partial charge in [0.2, 0.25) is 0 Å². The molecule has 0 aromatic carbocycles. The summed E-state index contributed by atoms with van der Waals surface area (Å²) in [4.78, 5) is 17.8. The average Bonchev–Trinajstić information content (AvgIpc) is 3.39. The van der Waals surface area contributed by atoms with Crippen molar-refractivity contribution in [1.82, 2.24) is 14.8 Å². The van der Waals surface area contributed by atoms with Crippen LogP contribution in [0.5, 0.6) is 0 Å². The highest BCUT2D eigenvalue weighted by atomic mass is 19.1. The maximum Gasteiger partial charge on any atom is 0.157 e. The van der Waals surface area contributed by atoms with Gasteiger partial charge in [0.25, 0.3) is 0 Å². The molecule has 0 amide bonds. The number of rotatable bonds is 4. The van der Waals surface area contributed by atoms with Crippen LogP contribution in [-0.2, 0) is 11.3 Å². The fourth-order valence-corrected chi connectivity index (χ4v) is 8.91. The number of aromatic nitrogens is 3. The molecule has 8 atom stereocenters.